The molecule has 0 spiro atoms. The van der Waals surface area contributed by atoms with Crippen molar-refractivity contribution in [1.82, 2.24) is 10.6 Å². The Labute approximate surface area is 126 Å². The first-order chi connectivity index (χ1) is 10.0. The van der Waals surface area contributed by atoms with Gasteiger partial charge in [-0.25, -0.2) is 0 Å². The van der Waals surface area contributed by atoms with Crippen molar-refractivity contribution in [3.8, 4) is 5.75 Å². The third kappa shape index (κ3) is 7.34. The monoisotopic (exact) mass is 292 g/mol. The summed E-state index contributed by atoms with van der Waals surface area (Å²) in [5, 5.41) is 5.38. The quantitative estimate of drug-likeness (QED) is 0.768. The molecule has 0 bridgehead atoms. The molecule has 0 saturated carbocycles. The number of amides is 2. The molecule has 1 rings (SSSR count). The fourth-order valence-corrected chi connectivity index (χ4v) is 1.69. The summed E-state index contributed by atoms with van der Waals surface area (Å²) >= 11 is 0. The lowest BCUT2D eigenvalue weighted by atomic mass is 10.1. The summed E-state index contributed by atoms with van der Waals surface area (Å²) in [6, 6.07) is 7.46. The zero-order valence-electron chi connectivity index (χ0n) is 12.9. The highest BCUT2D eigenvalue weighted by Crippen LogP contribution is 2.10. The van der Waals surface area contributed by atoms with Crippen LogP contribution in [-0.4, -0.2) is 25.5 Å². The predicted octanol–water partition coefficient (Wildman–Crippen LogP) is 1.86. The Balaban J connectivity index is 2.22. The van der Waals surface area contributed by atoms with Gasteiger partial charge >= 0.3 is 0 Å². The van der Waals surface area contributed by atoms with Gasteiger partial charge in [-0.2, -0.15) is 0 Å². The van der Waals surface area contributed by atoms with E-state index >= 15 is 0 Å². The summed E-state index contributed by atoms with van der Waals surface area (Å²) in [5.41, 5.74) is 0.982. The highest BCUT2D eigenvalue weighted by Gasteiger charge is 2.06. The Morgan fingerprint density at radius 2 is 1.76 bits per heavy atom. The van der Waals surface area contributed by atoms with Crippen LogP contribution in [0.4, 0.5) is 0 Å². The van der Waals surface area contributed by atoms with E-state index in [9.17, 15) is 9.59 Å². The number of ether oxygens (including phenoxy) is 1. The second kappa shape index (κ2) is 9.00. The van der Waals surface area contributed by atoms with Crippen molar-refractivity contribution >= 4 is 11.8 Å². The van der Waals surface area contributed by atoms with Crippen LogP contribution in [0, 0.1) is 5.92 Å². The minimum Gasteiger partial charge on any atom is -0.497 e. The van der Waals surface area contributed by atoms with Crippen LogP contribution in [0.25, 0.3) is 0 Å². The Morgan fingerprint density at radius 1 is 1.10 bits per heavy atom. The Bertz CT molecular complexity index is 455. The molecule has 5 nitrogen and oxygen atoms in total. The maximum Gasteiger partial charge on any atom is 0.239 e. The summed E-state index contributed by atoms with van der Waals surface area (Å²) in [5.74, 6) is 0.995. The van der Waals surface area contributed by atoms with Crippen LogP contribution in [0.15, 0.2) is 24.3 Å². The fraction of sp³-hybridized carbons (Fsp3) is 0.500. The number of hydrogen-bond acceptors (Lipinski definition) is 3. The lowest BCUT2D eigenvalue weighted by molar-refractivity contribution is -0.126. The molecule has 0 saturated heterocycles. The predicted molar refractivity (Wildman–Crippen MR) is 81.9 cm³/mol. The smallest absolute Gasteiger partial charge is 0.239 e. The van der Waals surface area contributed by atoms with E-state index in [0.717, 1.165) is 17.7 Å². The standard InChI is InChI=1S/C16H24N2O3/c1-12(2)4-9-15(19)18-11-16(20)17-10-13-5-7-14(21-3)8-6-13/h5-8,12H,4,9-11H2,1-3H3,(H,17,20)(H,18,19). The van der Waals surface area contributed by atoms with Crippen LogP contribution in [0.2, 0.25) is 0 Å². The van der Waals surface area contributed by atoms with Crippen LogP contribution in [0.5, 0.6) is 5.75 Å². The van der Waals surface area contributed by atoms with E-state index in [-0.39, 0.29) is 18.4 Å². The van der Waals surface area contributed by atoms with Gasteiger partial charge in [0.15, 0.2) is 0 Å². The number of rotatable bonds is 8. The second-order valence-corrected chi connectivity index (χ2v) is 5.33. The van der Waals surface area contributed by atoms with Crippen molar-refractivity contribution in [2.24, 2.45) is 5.92 Å². The zero-order valence-corrected chi connectivity index (χ0v) is 12.9. The van der Waals surface area contributed by atoms with Gasteiger partial charge in [-0.3, -0.25) is 9.59 Å². The van der Waals surface area contributed by atoms with Gasteiger partial charge in [0.1, 0.15) is 5.75 Å². The molecule has 21 heavy (non-hydrogen) atoms. The van der Waals surface area contributed by atoms with E-state index < -0.39 is 0 Å². The maximum absolute atomic E-state index is 11.6. The molecular formula is C16H24N2O3. The average Bonchev–Trinajstić information content (AvgIpc) is 2.49. The summed E-state index contributed by atoms with van der Waals surface area (Å²) in [6.45, 7) is 4.58. The van der Waals surface area contributed by atoms with Crippen LogP contribution < -0.4 is 15.4 Å². The Morgan fingerprint density at radius 3 is 2.33 bits per heavy atom. The third-order valence-electron chi connectivity index (χ3n) is 3.04. The second-order valence-electron chi connectivity index (χ2n) is 5.33. The number of benzene rings is 1. The van der Waals surface area contributed by atoms with Crippen molar-refractivity contribution in [2.75, 3.05) is 13.7 Å². The van der Waals surface area contributed by atoms with Gasteiger partial charge in [0.25, 0.3) is 0 Å². The van der Waals surface area contributed by atoms with Crippen molar-refractivity contribution in [1.29, 1.82) is 0 Å². The molecule has 0 heterocycles. The first-order valence-electron chi connectivity index (χ1n) is 7.17. The molecule has 5 heteroatoms. The Hall–Kier alpha value is -2.04. The molecule has 2 N–H and O–H groups in total. The number of carbonyl (C=O) groups is 2. The summed E-state index contributed by atoms with van der Waals surface area (Å²) in [7, 11) is 1.61. The summed E-state index contributed by atoms with van der Waals surface area (Å²) < 4.78 is 5.06. The molecule has 0 aliphatic rings. The van der Waals surface area contributed by atoms with Gasteiger partial charge < -0.3 is 15.4 Å². The normalized spacial score (nSPS) is 10.3. The highest BCUT2D eigenvalue weighted by atomic mass is 16.5. The number of hydrogen-bond donors (Lipinski definition) is 2. The zero-order chi connectivity index (χ0) is 15.7. The molecular weight excluding hydrogens is 268 g/mol. The van der Waals surface area contributed by atoms with Gasteiger partial charge in [-0.1, -0.05) is 26.0 Å². The maximum atomic E-state index is 11.6. The third-order valence-corrected chi connectivity index (χ3v) is 3.04. The highest BCUT2D eigenvalue weighted by molar-refractivity contribution is 5.84. The largest absolute Gasteiger partial charge is 0.497 e. The SMILES string of the molecule is COc1ccc(CNC(=O)CNC(=O)CCC(C)C)cc1. The minimum atomic E-state index is -0.191. The minimum absolute atomic E-state index is 0.0209. The molecule has 0 atom stereocenters. The molecule has 0 unspecified atom stereocenters. The lowest BCUT2D eigenvalue weighted by Crippen LogP contribution is -2.36. The van der Waals surface area contributed by atoms with Gasteiger partial charge in [-0.15, -0.1) is 0 Å². The molecule has 1 aromatic carbocycles. The van der Waals surface area contributed by atoms with Gasteiger partial charge in [-0.05, 0) is 30.0 Å². The van der Waals surface area contributed by atoms with Gasteiger partial charge in [0, 0.05) is 13.0 Å². The molecule has 0 aliphatic carbocycles. The van der Waals surface area contributed by atoms with E-state index in [4.69, 9.17) is 4.74 Å². The molecule has 0 aromatic heterocycles. The lowest BCUT2D eigenvalue weighted by Gasteiger charge is -2.08. The van der Waals surface area contributed by atoms with Crippen LogP contribution in [0.1, 0.15) is 32.3 Å². The van der Waals surface area contributed by atoms with Crippen molar-refractivity contribution in [3.63, 3.8) is 0 Å². The fourth-order valence-electron chi connectivity index (χ4n) is 1.69. The van der Waals surface area contributed by atoms with Gasteiger partial charge in [0.05, 0.1) is 13.7 Å². The molecule has 1 aromatic rings. The van der Waals surface area contributed by atoms with E-state index in [2.05, 4.69) is 24.5 Å². The number of methoxy groups -OCH3 is 1. The van der Waals surface area contributed by atoms with E-state index in [1.165, 1.54) is 0 Å². The van der Waals surface area contributed by atoms with Crippen molar-refractivity contribution in [3.05, 3.63) is 29.8 Å². The van der Waals surface area contributed by atoms with E-state index in [0.29, 0.717) is 18.9 Å². The van der Waals surface area contributed by atoms with Gasteiger partial charge in [0.2, 0.25) is 11.8 Å². The van der Waals surface area contributed by atoms with E-state index in [1.54, 1.807) is 7.11 Å². The number of nitrogens with one attached hydrogen (secondary N) is 2. The molecule has 0 fully saturated rings. The molecule has 2 amide bonds. The van der Waals surface area contributed by atoms with Crippen molar-refractivity contribution in [2.45, 2.75) is 33.2 Å². The van der Waals surface area contributed by atoms with Crippen LogP contribution in [0.3, 0.4) is 0 Å². The molecule has 0 radical (unpaired) electrons. The Kier molecular flexibility index (Phi) is 7.29. The average molecular weight is 292 g/mol. The molecule has 0 aliphatic heterocycles. The summed E-state index contributed by atoms with van der Waals surface area (Å²) in [4.78, 5) is 23.1. The first-order valence-corrected chi connectivity index (χ1v) is 7.17. The van der Waals surface area contributed by atoms with Crippen molar-refractivity contribution < 1.29 is 14.3 Å². The number of carbonyl (C=O) groups excluding carboxylic acids is 2. The topological polar surface area (TPSA) is 67.4 Å². The van der Waals surface area contributed by atoms with Crippen LogP contribution >= 0.6 is 0 Å². The van der Waals surface area contributed by atoms with E-state index in [1.807, 2.05) is 24.3 Å². The first kappa shape index (κ1) is 17.0. The molecule has 116 valence electrons. The summed E-state index contributed by atoms with van der Waals surface area (Å²) in [6.07, 6.45) is 1.29. The van der Waals surface area contributed by atoms with Crippen LogP contribution in [-0.2, 0) is 16.1 Å².